The number of nitrogens with zero attached hydrogens (tertiary/aromatic N) is 3. The van der Waals surface area contributed by atoms with Crippen molar-refractivity contribution < 1.29 is 0 Å². The van der Waals surface area contributed by atoms with E-state index in [-0.39, 0.29) is 0 Å². The van der Waals surface area contributed by atoms with Crippen LogP contribution in [0.15, 0.2) is 72.8 Å². The van der Waals surface area contributed by atoms with E-state index in [9.17, 15) is 0 Å². The molecule has 3 aromatic rings. The Bertz CT molecular complexity index is 910. The third kappa shape index (κ3) is 8.88. The molecule has 0 aliphatic heterocycles. The molecule has 3 aromatic carbocycles. The van der Waals surface area contributed by atoms with Gasteiger partial charge in [0.2, 0.25) is 0 Å². The zero-order valence-electron chi connectivity index (χ0n) is 17.9. The van der Waals surface area contributed by atoms with Crippen LogP contribution in [0.3, 0.4) is 0 Å². The average Bonchev–Trinajstić information content (AvgIpc) is 2.84. The smallest absolute Gasteiger partial charge is 0.0991 e. The number of hydrogen-bond acceptors (Lipinski definition) is 3. The van der Waals surface area contributed by atoms with Gasteiger partial charge in [-0.2, -0.15) is 15.8 Å². The van der Waals surface area contributed by atoms with E-state index in [2.05, 4.69) is 39.0 Å². The van der Waals surface area contributed by atoms with Gasteiger partial charge in [-0.15, -0.1) is 0 Å². The lowest BCUT2D eigenvalue weighted by molar-refractivity contribution is 1.14. The van der Waals surface area contributed by atoms with Crippen molar-refractivity contribution in [1.82, 2.24) is 0 Å². The largest absolute Gasteiger partial charge is 0.192 e. The number of hydrogen-bond donors (Lipinski definition) is 0. The van der Waals surface area contributed by atoms with E-state index in [4.69, 9.17) is 15.8 Å². The predicted octanol–water partition coefficient (Wildman–Crippen LogP) is 6.36. The van der Waals surface area contributed by atoms with Gasteiger partial charge in [-0.1, -0.05) is 57.2 Å². The highest BCUT2D eigenvalue weighted by molar-refractivity contribution is 5.34. The molecule has 0 N–H and O–H groups in total. The first-order chi connectivity index (χ1) is 14.6. The lowest BCUT2D eigenvalue weighted by Crippen LogP contribution is -1.80. The molecule has 0 amide bonds. The maximum absolute atomic E-state index is 8.51. The van der Waals surface area contributed by atoms with Crippen LogP contribution >= 0.6 is 0 Å². The molecule has 3 nitrogen and oxygen atoms in total. The van der Waals surface area contributed by atoms with Crippen molar-refractivity contribution in [3.8, 4) is 18.2 Å². The van der Waals surface area contributed by atoms with Crippen LogP contribution in [0.4, 0.5) is 0 Å². The molecule has 0 saturated heterocycles. The van der Waals surface area contributed by atoms with Crippen LogP contribution in [0.25, 0.3) is 0 Å². The fraction of sp³-hybridized carbons (Fsp3) is 0.222. The van der Waals surface area contributed by atoms with Crippen molar-refractivity contribution in [1.29, 1.82) is 15.8 Å². The van der Waals surface area contributed by atoms with E-state index in [0.29, 0.717) is 0 Å². The van der Waals surface area contributed by atoms with Crippen LogP contribution < -0.4 is 0 Å². The van der Waals surface area contributed by atoms with Gasteiger partial charge in [-0.25, -0.2) is 0 Å². The Morgan fingerprint density at radius 2 is 0.767 bits per heavy atom. The Hall–Kier alpha value is -3.87. The van der Waals surface area contributed by atoms with E-state index >= 15 is 0 Å². The first-order valence-electron chi connectivity index (χ1n) is 10.1. The third-order valence-electron chi connectivity index (χ3n) is 4.39. The molecule has 150 valence electrons. The first-order valence-corrected chi connectivity index (χ1v) is 10.1. The van der Waals surface area contributed by atoms with E-state index in [1.165, 1.54) is 16.7 Å². The molecule has 3 rings (SSSR count). The molecule has 0 fully saturated rings. The zero-order chi connectivity index (χ0) is 22.2. The van der Waals surface area contributed by atoms with Crippen LogP contribution in [-0.2, 0) is 19.3 Å². The summed E-state index contributed by atoms with van der Waals surface area (Å²) in [7, 11) is 0. The molecule has 0 saturated carbocycles. The fourth-order valence-corrected chi connectivity index (χ4v) is 2.58. The van der Waals surface area contributed by atoms with Gasteiger partial charge in [-0.3, -0.25) is 0 Å². The van der Waals surface area contributed by atoms with Crippen molar-refractivity contribution in [3.63, 3.8) is 0 Å². The van der Waals surface area contributed by atoms with Crippen molar-refractivity contribution in [2.75, 3.05) is 0 Å². The van der Waals surface area contributed by atoms with E-state index < -0.39 is 0 Å². The summed E-state index contributed by atoms with van der Waals surface area (Å²) in [6.45, 7) is 6.24. The van der Waals surface area contributed by atoms with E-state index in [1.807, 2.05) is 72.8 Å². The Kier molecular flexibility index (Phi) is 11.4. The summed E-state index contributed by atoms with van der Waals surface area (Å²) in [5.41, 5.74) is 5.91. The van der Waals surface area contributed by atoms with Crippen molar-refractivity contribution in [2.45, 2.75) is 40.0 Å². The van der Waals surface area contributed by atoms with Gasteiger partial charge in [0.05, 0.1) is 34.9 Å². The van der Waals surface area contributed by atoms with Crippen LogP contribution in [0.1, 0.15) is 54.2 Å². The van der Waals surface area contributed by atoms with Crippen LogP contribution in [0.2, 0.25) is 0 Å². The molecule has 0 aromatic heterocycles. The van der Waals surface area contributed by atoms with Gasteiger partial charge in [0.1, 0.15) is 0 Å². The van der Waals surface area contributed by atoms with Crippen molar-refractivity contribution >= 4 is 0 Å². The van der Waals surface area contributed by atoms with E-state index in [1.54, 1.807) is 0 Å². The zero-order valence-corrected chi connectivity index (χ0v) is 17.9. The molecule has 0 aliphatic rings. The van der Waals surface area contributed by atoms with Gasteiger partial charge in [0.15, 0.2) is 0 Å². The highest BCUT2D eigenvalue weighted by atomic mass is 14.2. The maximum atomic E-state index is 8.51. The summed E-state index contributed by atoms with van der Waals surface area (Å²) in [4.78, 5) is 0. The molecule has 0 unspecified atom stereocenters. The minimum Gasteiger partial charge on any atom is -0.192 e. The maximum Gasteiger partial charge on any atom is 0.0991 e. The minimum atomic E-state index is 0.749. The summed E-state index contributed by atoms with van der Waals surface area (Å²) < 4.78 is 0. The molecule has 0 aliphatic carbocycles. The van der Waals surface area contributed by atoms with Gasteiger partial charge < -0.3 is 0 Å². The Morgan fingerprint density at radius 1 is 0.500 bits per heavy atom. The first kappa shape index (κ1) is 24.2. The normalized spacial score (nSPS) is 8.80. The van der Waals surface area contributed by atoms with E-state index in [0.717, 1.165) is 36.0 Å². The Balaban J connectivity index is 0.000000225. The van der Waals surface area contributed by atoms with Crippen molar-refractivity contribution in [3.05, 3.63) is 106 Å². The Labute approximate surface area is 180 Å². The monoisotopic (exact) mass is 393 g/mol. The third-order valence-corrected chi connectivity index (χ3v) is 4.39. The van der Waals surface area contributed by atoms with Crippen molar-refractivity contribution in [2.24, 2.45) is 0 Å². The molecule has 0 heterocycles. The summed E-state index contributed by atoms with van der Waals surface area (Å²) in [6.07, 6.45) is 2.99. The van der Waals surface area contributed by atoms with Gasteiger partial charge in [-0.05, 0) is 72.4 Å². The molecule has 0 radical (unpaired) electrons. The van der Waals surface area contributed by atoms with Crippen LogP contribution in [0, 0.1) is 34.0 Å². The van der Waals surface area contributed by atoms with Gasteiger partial charge in [0, 0.05) is 0 Å². The SMILES string of the molecule is CCc1cccc(C#N)c1.CCc1cccc(C#N)c1.CCc1cccc(C#N)c1. The molecule has 0 atom stereocenters. The van der Waals surface area contributed by atoms with Gasteiger partial charge >= 0.3 is 0 Å². The second kappa shape index (κ2) is 14.2. The summed E-state index contributed by atoms with van der Waals surface area (Å²) >= 11 is 0. The minimum absolute atomic E-state index is 0.749. The predicted molar refractivity (Wildman–Crippen MR) is 122 cm³/mol. The Morgan fingerprint density at radius 3 is 0.967 bits per heavy atom. The standard InChI is InChI=1S/3C9H9N/c3*1-2-8-4-3-5-9(6-8)7-10/h3*3-6H,2H2,1H3. The fourth-order valence-electron chi connectivity index (χ4n) is 2.58. The number of aryl methyl sites for hydroxylation is 3. The topological polar surface area (TPSA) is 71.4 Å². The molecule has 0 spiro atoms. The molecular formula is C27H27N3. The highest BCUT2D eigenvalue weighted by Crippen LogP contribution is 2.05. The molecule has 30 heavy (non-hydrogen) atoms. The quantitative estimate of drug-likeness (QED) is 0.519. The molecular weight excluding hydrogens is 366 g/mol. The lowest BCUT2D eigenvalue weighted by atomic mass is 10.1. The molecule has 0 bridgehead atoms. The number of benzene rings is 3. The number of rotatable bonds is 3. The number of nitriles is 3. The van der Waals surface area contributed by atoms with Crippen LogP contribution in [0.5, 0.6) is 0 Å². The highest BCUT2D eigenvalue weighted by Gasteiger charge is 1.91. The summed E-state index contributed by atoms with van der Waals surface area (Å²) in [6, 6.07) is 29.3. The van der Waals surface area contributed by atoms with Gasteiger partial charge in [0.25, 0.3) is 0 Å². The van der Waals surface area contributed by atoms with Crippen LogP contribution in [-0.4, -0.2) is 0 Å². The summed E-state index contributed by atoms with van der Waals surface area (Å²) in [5, 5.41) is 25.5. The average molecular weight is 394 g/mol. The second-order valence-electron chi connectivity index (χ2n) is 6.50. The lowest BCUT2D eigenvalue weighted by Gasteiger charge is -1.93. The second-order valence-corrected chi connectivity index (χ2v) is 6.50. The molecule has 3 heteroatoms. The summed E-state index contributed by atoms with van der Waals surface area (Å²) in [5.74, 6) is 0.